The number of aromatic nitrogens is 2. The van der Waals surface area contributed by atoms with E-state index >= 15 is 0 Å². The van der Waals surface area contributed by atoms with Crippen LogP contribution in [-0.4, -0.2) is 24.5 Å². The fourth-order valence-electron chi connectivity index (χ4n) is 2.24. The quantitative estimate of drug-likeness (QED) is 0.730. The van der Waals surface area contributed by atoms with E-state index in [4.69, 9.17) is 0 Å². The van der Waals surface area contributed by atoms with Gasteiger partial charge in [-0.15, -0.1) is 10.2 Å². The van der Waals surface area contributed by atoms with Gasteiger partial charge in [0.15, 0.2) is 0 Å². The van der Waals surface area contributed by atoms with E-state index in [1.807, 2.05) is 38.1 Å². The first-order chi connectivity index (χ1) is 12.0. The van der Waals surface area contributed by atoms with Gasteiger partial charge in [0.1, 0.15) is 0 Å². The van der Waals surface area contributed by atoms with Crippen LogP contribution >= 0.6 is 11.3 Å². The summed E-state index contributed by atoms with van der Waals surface area (Å²) < 4.78 is 27.8. The Morgan fingerprint density at radius 2 is 1.88 bits per heavy atom. The first kappa shape index (κ1) is 20.5. The average molecular weight is 397 g/mol. The minimum atomic E-state index is -3.84. The van der Waals surface area contributed by atoms with Crippen LogP contribution in [0.25, 0.3) is 0 Å². The van der Waals surface area contributed by atoms with Gasteiger partial charge in [-0.25, -0.2) is 13.1 Å². The minimum Gasteiger partial charge on any atom is -0.300 e. The van der Waals surface area contributed by atoms with Gasteiger partial charge in [0, 0.05) is 11.5 Å². The molecule has 0 saturated heterocycles. The highest BCUT2D eigenvalue weighted by molar-refractivity contribution is 7.91. The lowest BCUT2D eigenvalue weighted by molar-refractivity contribution is -0.123. The zero-order chi connectivity index (χ0) is 19.5. The van der Waals surface area contributed by atoms with Crippen molar-refractivity contribution in [2.45, 2.75) is 51.4 Å². The van der Waals surface area contributed by atoms with Gasteiger partial charge in [-0.05, 0) is 24.5 Å². The molecule has 0 fully saturated rings. The summed E-state index contributed by atoms with van der Waals surface area (Å²) in [5.74, 6) is -0.253. The van der Waals surface area contributed by atoms with Crippen LogP contribution < -0.4 is 10.0 Å². The molecule has 0 bridgehead atoms. The fraction of sp³-hybridized carbons (Fsp3) is 0.471. The summed E-state index contributed by atoms with van der Waals surface area (Å²) in [7, 11) is -3.84. The first-order valence-electron chi connectivity index (χ1n) is 8.27. The molecule has 2 N–H and O–H groups in total. The highest BCUT2D eigenvalue weighted by Gasteiger charge is 2.27. The third-order valence-electron chi connectivity index (χ3n) is 3.81. The highest BCUT2D eigenvalue weighted by Crippen LogP contribution is 2.26. The zero-order valence-electron chi connectivity index (χ0n) is 15.5. The smallest absolute Gasteiger partial charge is 0.270 e. The molecule has 9 heteroatoms. The van der Waals surface area contributed by atoms with Crippen molar-refractivity contribution in [2.75, 3.05) is 5.32 Å². The van der Waals surface area contributed by atoms with Crippen LogP contribution in [0.15, 0.2) is 28.6 Å². The van der Waals surface area contributed by atoms with E-state index in [9.17, 15) is 13.2 Å². The van der Waals surface area contributed by atoms with Gasteiger partial charge in [0.25, 0.3) is 10.0 Å². The summed E-state index contributed by atoms with van der Waals surface area (Å²) >= 11 is 0.831. The van der Waals surface area contributed by atoms with Gasteiger partial charge in [-0.3, -0.25) is 4.79 Å². The normalized spacial score (nSPS) is 13.4. The molecule has 0 spiro atoms. The van der Waals surface area contributed by atoms with E-state index in [1.165, 1.54) is 0 Å². The van der Waals surface area contributed by atoms with Crippen molar-refractivity contribution in [1.82, 2.24) is 14.9 Å². The third-order valence-corrected chi connectivity index (χ3v) is 6.49. The Morgan fingerprint density at radius 1 is 1.23 bits per heavy atom. The van der Waals surface area contributed by atoms with Gasteiger partial charge in [-0.1, -0.05) is 63.3 Å². The standard InChI is InChI=1S/C17H24N4O3S2/c1-6-13(12-10-8-7-9-11(12)2)21-26(23,24)16-20-19-15(25-16)18-14(22)17(3,4)5/h7-10,13,21H,6H2,1-5H3,(H,18,19,22)/t13-/m0/s1. The molecule has 0 saturated carbocycles. The van der Waals surface area contributed by atoms with E-state index < -0.39 is 15.4 Å². The molecule has 1 aromatic heterocycles. The predicted octanol–water partition coefficient (Wildman–Crippen LogP) is 3.26. The molecule has 1 amide bonds. The van der Waals surface area contributed by atoms with Crippen molar-refractivity contribution in [2.24, 2.45) is 5.41 Å². The summed E-state index contributed by atoms with van der Waals surface area (Å²) in [6.45, 7) is 9.13. The van der Waals surface area contributed by atoms with Crippen LogP contribution in [0, 0.1) is 12.3 Å². The summed E-state index contributed by atoms with van der Waals surface area (Å²) in [4.78, 5) is 12.0. The molecule has 2 aromatic rings. The van der Waals surface area contributed by atoms with Crippen molar-refractivity contribution in [1.29, 1.82) is 0 Å². The van der Waals surface area contributed by atoms with E-state index in [0.717, 1.165) is 22.5 Å². The lowest BCUT2D eigenvalue weighted by Crippen LogP contribution is -2.28. The maximum atomic E-state index is 12.7. The fourth-order valence-corrected chi connectivity index (χ4v) is 4.45. The molecule has 1 aromatic carbocycles. The van der Waals surface area contributed by atoms with Crippen LogP contribution in [0.3, 0.4) is 0 Å². The molecule has 0 aliphatic carbocycles. The van der Waals surface area contributed by atoms with Gasteiger partial charge in [0.05, 0.1) is 0 Å². The molecular weight excluding hydrogens is 372 g/mol. The van der Waals surface area contributed by atoms with Crippen LogP contribution in [0.2, 0.25) is 0 Å². The van der Waals surface area contributed by atoms with Gasteiger partial charge in [0.2, 0.25) is 15.4 Å². The molecular formula is C17H24N4O3S2. The Bertz CT molecular complexity index is 885. The number of aryl methyl sites for hydroxylation is 1. The molecule has 0 aliphatic rings. The average Bonchev–Trinajstić information content (AvgIpc) is 3.02. The number of nitrogens with one attached hydrogen (secondary N) is 2. The minimum absolute atomic E-state index is 0.161. The predicted molar refractivity (Wildman–Crippen MR) is 103 cm³/mol. The second kappa shape index (κ2) is 7.81. The Kier molecular flexibility index (Phi) is 6.15. The number of nitrogens with zero attached hydrogens (tertiary/aromatic N) is 2. The number of hydrogen-bond donors (Lipinski definition) is 2. The van der Waals surface area contributed by atoms with Gasteiger partial charge in [-0.2, -0.15) is 0 Å². The Balaban J connectivity index is 2.20. The highest BCUT2D eigenvalue weighted by atomic mass is 32.2. The van der Waals surface area contributed by atoms with Crippen molar-refractivity contribution in [3.8, 4) is 0 Å². The molecule has 0 aliphatic heterocycles. The van der Waals surface area contributed by atoms with Gasteiger partial charge >= 0.3 is 0 Å². The van der Waals surface area contributed by atoms with Crippen molar-refractivity contribution < 1.29 is 13.2 Å². The second-order valence-electron chi connectivity index (χ2n) is 7.02. The molecule has 1 heterocycles. The molecule has 1 atom stereocenters. The SMILES string of the molecule is CC[C@H](NS(=O)(=O)c1nnc(NC(=O)C(C)(C)C)s1)c1ccccc1C. The molecule has 0 radical (unpaired) electrons. The van der Waals surface area contributed by atoms with Crippen LogP contribution in [0.4, 0.5) is 5.13 Å². The molecule has 26 heavy (non-hydrogen) atoms. The molecule has 7 nitrogen and oxygen atoms in total. The van der Waals surface area contributed by atoms with E-state index in [2.05, 4.69) is 20.2 Å². The maximum absolute atomic E-state index is 12.7. The number of sulfonamides is 1. The van der Waals surface area contributed by atoms with Crippen LogP contribution in [0.1, 0.15) is 51.3 Å². The number of anilines is 1. The van der Waals surface area contributed by atoms with Crippen molar-refractivity contribution in [3.05, 3.63) is 35.4 Å². The van der Waals surface area contributed by atoms with Crippen LogP contribution in [-0.2, 0) is 14.8 Å². The molecule has 0 unspecified atom stereocenters. The monoisotopic (exact) mass is 396 g/mol. The Labute approximate surface area is 158 Å². The Hall–Kier alpha value is -1.84. The summed E-state index contributed by atoms with van der Waals surface area (Å²) in [6, 6.07) is 7.27. The van der Waals surface area contributed by atoms with Crippen molar-refractivity contribution in [3.63, 3.8) is 0 Å². The first-order valence-corrected chi connectivity index (χ1v) is 10.6. The van der Waals surface area contributed by atoms with E-state index in [-0.39, 0.29) is 21.4 Å². The number of rotatable bonds is 6. The third kappa shape index (κ3) is 4.87. The largest absolute Gasteiger partial charge is 0.300 e. The second-order valence-corrected chi connectivity index (χ2v) is 9.88. The number of benzene rings is 1. The summed E-state index contributed by atoms with van der Waals surface area (Å²) in [6.07, 6.45) is 0.594. The van der Waals surface area contributed by atoms with E-state index in [0.29, 0.717) is 6.42 Å². The zero-order valence-corrected chi connectivity index (χ0v) is 17.2. The number of amides is 1. The Morgan fingerprint density at radius 3 is 2.46 bits per heavy atom. The van der Waals surface area contributed by atoms with E-state index in [1.54, 1.807) is 20.8 Å². The molecule has 142 valence electrons. The number of hydrogen-bond acceptors (Lipinski definition) is 6. The summed E-state index contributed by atoms with van der Waals surface area (Å²) in [5, 5.41) is 10.3. The lowest BCUT2D eigenvalue weighted by atomic mass is 9.96. The topological polar surface area (TPSA) is 101 Å². The van der Waals surface area contributed by atoms with Crippen molar-refractivity contribution >= 4 is 32.4 Å². The van der Waals surface area contributed by atoms with Gasteiger partial charge < -0.3 is 5.32 Å². The molecule has 2 rings (SSSR count). The number of carbonyl (C=O) groups excluding carboxylic acids is 1. The van der Waals surface area contributed by atoms with Crippen LogP contribution in [0.5, 0.6) is 0 Å². The lowest BCUT2D eigenvalue weighted by Gasteiger charge is -2.18. The maximum Gasteiger partial charge on any atom is 0.270 e. The summed E-state index contributed by atoms with van der Waals surface area (Å²) in [5.41, 5.74) is 1.32. The number of carbonyl (C=O) groups is 1.